The van der Waals surface area contributed by atoms with Crippen molar-refractivity contribution in [1.29, 1.82) is 0 Å². The molecule has 0 radical (unpaired) electrons. The molecule has 1 N–H and O–H groups in total. The molecule has 112 valence electrons. The molecule has 3 aromatic heterocycles. The molecule has 3 heterocycles. The molecule has 0 saturated carbocycles. The summed E-state index contributed by atoms with van der Waals surface area (Å²) < 4.78 is 41.0. The van der Waals surface area contributed by atoms with Crippen molar-refractivity contribution in [2.75, 3.05) is 6.54 Å². The van der Waals surface area contributed by atoms with Crippen LogP contribution in [0.1, 0.15) is 18.3 Å². The Morgan fingerprint density at radius 2 is 2.14 bits per heavy atom. The second kappa shape index (κ2) is 5.15. The fraction of sp³-hybridized carbons (Fsp3) is 0.333. The maximum atomic E-state index is 12.7. The minimum atomic E-state index is -4.45. The number of halogens is 3. The summed E-state index contributed by atoms with van der Waals surface area (Å²) in [7, 11) is 0. The zero-order valence-corrected chi connectivity index (χ0v) is 11.9. The Kier molecular flexibility index (Phi) is 3.46. The fourth-order valence-corrected chi connectivity index (χ4v) is 2.73. The number of aromatic nitrogens is 4. The maximum Gasteiger partial charge on any atom is 0.435 e. The molecule has 5 nitrogen and oxygen atoms in total. The molecule has 0 amide bonds. The van der Waals surface area contributed by atoms with Gasteiger partial charge in [0.1, 0.15) is 0 Å². The molecule has 21 heavy (non-hydrogen) atoms. The monoisotopic (exact) mass is 315 g/mol. The van der Waals surface area contributed by atoms with Crippen molar-refractivity contribution >= 4 is 16.3 Å². The molecule has 0 spiro atoms. The predicted molar refractivity (Wildman–Crippen MR) is 72.6 cm³/mol. The molecule has 0 atom stereocenters. The smallest absolute Gasteiger partial charge is 0.311 e. The fourth-order valence-electron chi connectivity index (χ4n) is 2.01. The van der Waals surface area contributed by atoms with E-state index in [1.165, 1.54) is 22.2 Å². The third-order valence-electron chi connectivity index (χ3n) is 2.98. The molecule has 0 bridgehead atoms. The number of nitrogens with one attached hydrogen (secondary N) is 1. The van der Waals surface area contributed by atoms with Crippen LogP contribution in [0.3, 0.4) is 0 Å². The summed E-state index contributed by atoms with van der Waals surface area (Å²) in [5.41, 5.74) is -0.141. The van der Waals surface area contributed by atoms with Gasteiger partial charge in [0.2, 0.25) is 0 Å². The Morgan fingerprint density at radius 1 is 1.33 bits per heavy atom. The Morgan fingerprint density at radius 3 is 2.81 bits per heavy atom. The van der Waals surface area contributed by atoms with Crippen molar-refractivity contribution in [3.63, 3.8) is 0 Å². The van der Waals surface area contributed by atoms with E-state index in [0.717, 1.165) is 23.3 Å². The number of rotatable bonds is 4. The molecule has 0 aliphatic carbocycles. The lowest BCUT2D eigenvalue weighted by Gasteiger charge is -2.05. The number of hydrogen-bond donors (Lipinski definition) is 1. The van der Waals surface area contributed by atoms with Gasteiger partial charge in [-0.3, -0.25) is 4.40 Å². The molecule has 0 fully saturated rings. The Balaban J connectivity index is 2.06. The Hall–Kier alpha value is -1.87. The lowest BCUT2D eigenvalue weighted by molar-refractivity contribution is -0.141. The van der Waals surface area contributed by atoms with E-state index in [9.17, 15) is 13.2 Å². The first-order valence-electron chi connectivity index (χ1n) is 6.29. The van der Waals surface area contributed by atoms with Crippen LogP contribution in [0.15, 0.2) is 23.8 Å². The molecular weight excluding hydrogens is 303 g/mol. The van der Waals surface area contributed by atoms with Crippen LogP contribution in [-0.4, -0.2) is 25.7 Å². The first-order valence-corrected chi connectivity index (χ1v) is 7.17. The van der Waals surface area contributed by atoms with Crippen LogP contribution in [0.25, 0.3) is 10.8 Å². The van der Waals surface area contributed by atoms with E-state index in [1.807, 2.05) is 22.9 Å². The zero-order valence-electron chi connectivity index (χ0n) is 11.1. The van der Waals surface area contributed by atoms with Crippen LogP contribution in [-0.2, 0) is 12.7 Å². The Labute approximate surface area is 122 Å². The van der Waals surface area contributed by atoms with Gasteiger partial charge in [-0.2, -0.15) is 23.3 Å². The summed E-state index contributed by atoms with van der Waals surface area (Å²) in [6, 6.07) is 0.949. The molecule has 0 aliphatic rings. The highest BCUT2D eigenvalue weighted by Crippen LogP contribution is 2.28. The van der Waals surface area contributed by atoms with Crippen LogP contribution in [0, 0.1) is 0 Å². The summed E-state index contributed by atoms with van der Waals surface area (Å²) in [5.74, 6) is 0.415. The minimum absolute atomic E-state index is 0.415. The number of alkyl halides is 3. The van der Waals surface area contributed by atoms with E-state index in [0.29, 0.717) is 12.4 Å². The van der Waals surface area contributed by atoms with Crippen LogP contribution < -0.4 is 5.32 Å². The molecule has 0 aliphatic heterocycles. The van der Waals surface area contributed by atoms with E-state index in [2.05, 4.69) is 15.4 Å². The van der Waals surface area contributed by atoms with Crippen molar-refractivity contribution in [2.24, 2.45) is 0 Å². The first kappa shape index (κ1) is 14.1. The highest BCUT2D eigenvalue weighted by molar-refractivity contribution is 7.15. The quantitative estimate of drug-likeness (QED) is 0.805. The summed E-state index contributed by atoms with van der Waals surface area (Å²) in [5, 5.41) is 8.63. The van der Waals surface area contributed by atoms with Crippen molar-refractivity contribution in [3.05, 3.63) is 35.2 Å². The second-order valence-electron chi connectivity index (χ2n) is 4.36. The highest BCUT2D eigenvalue weighted by atomic mass is 32.1. The summed E-state index contributed by atoms with van der Waals surface area (Å²) in [4.78, 5) is 5.09. The van der Waals surface area contributed by atoms with Gasteiger partial charge in [0.15, 0.2) is 16.5 Å². The van der Waals surface area contributed by atoms with Crippen molar-refractivity contribution < 1.29 is 13.2 Å². The van der Waals surface area contributed by atoms with Crippen LogP contribution >= 0.6 is 11.3 Å². The van der Waals surface area contributed by atoms with Crippen molar-refractivity contribution in [1.82, 2.24) is 24.5 Å². The molecular formula is C12H12F3N5S. The Bertz CT molecular complexity index is 754. The maximum absolute atomic E-state index is 12.7. The molecule has 3 aromatic rings. The number of thiazole rings is 1. The van der Waals surface area contributed by atoms with Crippen molar-refractivity contribution in [2.45, 2.75) is 19.6 Å². The van der Waals surface area contributed by atoms with Crippen LogP contribution in [0.4, 0.5) is 13.2 Å². The van der Waals surface area contributed by atoms with Gasteiger partial charge >= 0.3 is 6.18 Å². The number of hydrogen-bond acceptors (Lipinski definition) is 4. The van der Waals surface area contributed by atoms with Gasteiger partial charge in [0.25, 0.3) is 0 Å². The van der Waals surface area contributed by atoms with Gasteiger partial charge in [0, 0.05) is 24.3 Å². The average molecular weight is 315 g/mol. The second-order valence-corrected chi connectivity index (χ2v) is 5.23. The summed E-state index contributed by atoms with van der Waals surface area (Å²) >= 11 is 1.42. The standard InChI is InChI=1S/C12H12F3N5S/c1-2-16-7-8-10(17-11-19(8)5-6-21-11)20-4-3-9(18-20)12(13,14)15/h3-6,16H,2,7H2,1H3. The molecule has 0 aromatic carbocycles. The van der Waals surface area contributed by atoms with E-state index < -0.39 is 11.9 Å². The SMILES string of the molecule is CCNCc1c(-n2ccc(C(F)(F)F)n2)nc2sccn12. The molecule has 0 unspecified atom stereocenters. The molecule has 9 heteroatoms. The summed E-state index contributed by atoms with van der Waals surface area (Å²) in [6.45, 7) is 3.22. The van der Waals surface area contributed by atoms with Gasteiger partial charge in [-0.15, -0.1) is 11.3 Å². The minimum Gasteiger partial charge on any atom is -0.311 e. The van der Waals surface area contributed by atoms with E-state index in [4.69, 9.17) is 0 Å². The first-order chi connectivity index (χ1) is 10.0. The van der Waals surface area contributed by atoms with E-state index in [-0.39, 0.29) is 0 Å². The van der Waals surface area contributed by atoms with Crippen LogP contribution in [0.2, 0.25) is 0 Å². The lowest BCUT2D eigenvalue weighted by atomic mass is 10.4. The number of imidazole rings is 1. The van der Waals surface area contributed by atoms with Gasteiger partial charge in [0.05, 0.1) is 5.69 Å². The number of nitrogens with zero attached hydrogens (tertiary/aromatic N) is 4. The van der Waals surface area contributed by atoms with Gasteiger partial charge in [-0.05, 0) is 12.6 Å². The van der Waals surface area contributed by atoms with Gasteiger partial charge in [-0.1, -0.05) is 6.92 Å². The predicted octanol–water partition coefficient (Wildman–Crippen LogP) is 2.71. The molecule has 3 rings (SSSR count). The third kappa shape index (κ3) is 2.54. The molecule has 0 saturated heterocycles. The topological polar surface area (TPSA) is 47.2 Å². The largest absolute Gasteiger partial charge is 0.435 e. The van der Waals surface area contributed by atoms with E-state index in [1.54, 1.807) is 0 Å². The normalized spacial score (nSPS) is 12.4. The average Bonchev–Trinajstić information content (AvgIpc) is 3.10. The van der Waals surface area contributed by atoms with Crippen LogP contribution in [0.5, 0.6) is 0 Å². The lowest BCUT2D eigenvalue weighted by Crippen LogP contribution is -2.15. The number of fused-ring (bicyclic) bond motifs is 1. The van der Waals surface area contributed by atoms with Gasteiger partial charge < -0.3 is 5.32 Å². The highest BCUT2D eigenvalue weighted by Gasteiger charge is 2.34. The van der Waals surface area contributed by atoms with Crippen molar-refractivity contribution in [3.8, 4) is 5.82 Å². The summed E-state index contributed by atoms with van der Waals surface area (Å²) in [6.07, 6.45) is -1.33. The van der Waals surface area contributed by atoms with E-state index >= 15 is 0 Å². The zero-order chi connectivity index (χ0) is 15.0. The van der Waals surface area contributed by atoms with Gasteiger partial charge in [-0.25, -0.2) is 4.68 Å². The third-order valence-corrected chi connectivity index (χ3v) is 3.74.